The van der Waals surface area contributed by atoms with Crippen LogP contribution in [0, 0.1) is 11.3 Å². The van der Waals surface area contributed by atoms with Crippen LogP contribution < -0.4 is 10.2 Å². The smallest absolute Gasteiger partial charge is 0.244 e. The molecule has 0 fully saturated rings. The molecule has 1 amide bonds. The Bertz CT molecular complexity index is 736. The van der Waals surface area contributed by atoms with Gasteiger partial charge in [0.05, 0.1) is 27.6 Å². The molecule has 0 saturated carbocycles. The van der Waals surface area contributed by atoms with Crippen molar-refractivity contribution in [3.8, 4) is 6.07 Å². The third kappa shape index (κ3) is 1.98. The van der Waals surface area contributed by atoms with Crippen LogP contribution in [0.2, 0.25) is 5.02 Å². The van der Waals surface area contributed by atoms with Crippen LogP contribution in [0.15, 0.2) is 42.5 Å². The summed E-state index contributed by atoms with van der Waals surface area (Å²) in [6, 6.07) is 14.8. The van der Waals surface area contributed by atoms with Gasteiger partial charge in [0.1, 0.15) is 12.6 Å². The van der Waals surface area contributed by atoms with Crippen LogP contribution in [0.25, 0.3) is 0 Å². The lowest BCUT2D eigenvalue weighted by Crippen LogP contribution is -2.35. The van der Waals surface area contributed by atoms with Crippen LogP contribution in [-0.4, -0.2) is 12.5 Å². The Balaban J connectivity index is 2.19. The maximum atomic E-state index is 11.8. The largest absolute Gasteiger partial charge is 0.329 e. The number of amides is 1. The summed E-state index contributed by atoms with van der Waals surface area (Å²) in [7, 11) is 0. The summed E-state index contributed by atoms with van der Waals surface area (Å²) in [5.41, 5.74) is 2.60. The number of fused-ring (bicyclic) bond motifs is 1. The first-order valence-electron chi connectivity index (χ1n) is 6.06. The van der Waals surface area contributed by atoms with Gasteiger partial charge in [-0.05, 0) is 24.3 Å². The van der Waals surface area contributed by atoms with Crippen LogP contribution >= 0.6 is 11.6 Å². The first-order valence-corrected chi connectivity index (χ1v) is 6.43. The molecule has 3 rings (SSSR count). The maximum Gasteiger partial charge on any atom is 0.244 e. The third-order valence-electron chi connectivity index (χ3n) is 3.16. The number of nitrogens with one attached hydrogen (secondary N) is 1. The third-order valence-corrected chi connectivity index (χ3v) is 3.48. The summed E-state index contributed by atoms with van der Waals surface area (Å²) in [6.07, 6.45) is 0. The molecule has 0 saturated heterocycles. The number of anilines is 3. The number of halogens is 1. The molecule has 0 bridgehead atoms. The van der Waals surface area contributed by atoms with Gasteiger partial charge in [-0.1, -0.05) is 29.8 Å². The number of benzene rings is 2. The van der Waals surface area contributed by atoms with Gasteiger partial charge >= 0.3 is 0 Å². The van der Waals surface area contributed by atoms with E-state index in [-0.39, 0.29) is 12.5 Å². The predicted molar refractivity (Wildman–Crippen MR) is 78.2 cm³/mol. The Hall–Kier alpha value is -2.51. The summed E-state index contributed by atoms with van der Waals surface area (Å²) in [5, 5.41) is 12.5. The summed E-state index contributed by atoms with van der Waals surface area (Å²) >= 11 is 6.06. The molecule has 98 valence electrons. The highest BCUT2D eigenvalue weighted by Gasteiger charge is 2.25. The Labute approximate surface area is 121 Å². The fraction of sp³-hybridized carbons (Fsp3) is 0.0667. The summed E-state index contributed by atoms with van der Waals surface area (Å²) in [6.45, 7) is 0.159. The van der Waals surface area contributed by atoms with Gasteiger partial charge in [-0.25, -0.2) is 0 Å². The predicted octanol–water partition coefficient (Wildman–Crippen LogP) is 3.30. The minimum Gasteiger partial charge on any atom is -0.329 e. The van der Waals surface area contributed by atoms with Gasteiger partial charge in [-0.2, -0.15) is 5.26 Å². The fourth-order valence-electron chi connectivity index (χ4n) is 2.30. The van der Waals surface area contributed by atoms with Crippen LogP contribution in [-0.2, 0) is 4.79 Å². The molecule has 0 unspecified atom stereocenters. The van der Waals surface area contributed by atoms with Gasteiger partial charge in [0, 0.05) is 0 Å². The SMILES string of the molecule is N#Cc1c(Cl)cccc1N1CC(=O)Nc2ccccc21. The normalized spacial score (nSPS) is 13.4. The number of hydrogen-bond donors (Lipinski definition) is 1. The first kappa shape index (κ1) is 12.5. The second kappa shape index (κ2) is 4.87. The Morgan fingerprint density at radius 2 is 1.90 bits per heavy atom. The van der Waals surface area contributed by atoms with E-state index in [0.29, 0.717) is 16.3 Å². The van der Waals surface area contributed by atoms with Crippen molar-refractivity contribution in [1.82, 2.24) is 0 Å². The van der Waals surface area contributed by atoms with Crippen LogP contribution in [0.5, 0.6) is 0 Å². The average Bonchev–Trinajstić information content (AvgIpc) is 2.46. The molecule has 1 aliphatic heterocycles. The Morgan fingerprint density at radius 3 is 2.70 bits per heavy atom. The molecule has 2 aromatic rings. The molecule has 1 heterocycles. The van der Waals surface area contributed by atoms with Crippen LogP contribution in [0.1, 0.15) is 5.56 Å². The number of nitriles is 1. The van der Waals surface area contributed by atoms with Crippen molar-refractivity contribution in [3.05, 3.63) is 53.1 Å². The molecule has 20 heavy (non-hydrogen) atoms. The fourth-order valence-corrected chi connectivity index (χ4v) is 2.51. The molecule has 2 aromatic carbocycles. The van der Waals surface area contributed by atoms with Crippen molar-refractivity contribution in [3.63, 3.8) is 0 Å². The summed E-state index contributed by atoms with van der Waals surface area (Å²) in [4.78, 5) is 13.6. The zero-order valence-electron chi connectivity index (χ0n) is 10.4. The van der Waals surface area contributed by atoms with Gasteiger partial charge in [-0.15, -0.1) is 0 Å². The van der Waals surface area contributed by atoms with E-state index in [1.807, 2.05) is 24.3 Å². The first-order chi connectivity index (χ1) is 9.70. The highest BCUT2D eigenvalue weighted by atomic mass is 35.5. The highest BCUT2D eigenvalue weighted by Crippen LogP contribution is 2.37. The molecular formula is C15H10ClN3O. The van der Waals surface area contributed by atoms with E-state index < -0.39 is 0 Å². The van der Waals surface area contributed by atoms with Crippen molar-refractivity contribution >= 4 is 34.6 Å². The average molecular weight is 284 g/mol. The summed E-state index contributed by atoms with van der Waals surface area (Å²) in [5.74, 6) is -0.118. The number of carbonyl (C=O) groups is 1. The molecule has 0 atom stereocenters. The summed E-state index contributed by atoms with van der Waals surface area (Å²) < 4.78 is 0. The highest BCUT2D eigenvalue weighted by molar-refractivity contribution is 6.32. The van der Waals surface area contributed by atoms with Gasteiger partial charge in [0.25, 0.3) is 0 Å². The van der Waals surface area contributed by atoms with Crippen LogP contribution in [0.3, 0.4) is 0 Å². The maximum absolute atomic E-state index is 11.8. The lowest BCUT2D eigenvalue weighted by atomic mass is 10.1. The number of rotatable bonds is 1. The number of para-hydroxylation sites is 2. The molecular weight excluding hydrogens is 274 g/mol. The number of carbonyl (C=O) groups excluding carboxylic acids is 1. The van der Waals surface area contributed by atoms with Crippen molar-refractivity contribution in [2.75, 3.05) is 16.8 Å². The van der Waals surface area contributed by atoms with Crippen molar-refractivity contribution in [1.29, 1.82) is 5.26 Å². The zero-order chi connectivity index (χ0) is 14.1. The van der Waals surface area contributed by atoms with Gasteiger partial charge in [-0.3, -0.25) is 4.79 Å². The van der Waals surface area contributed by atoms with Crippen LogP contribution in [0.4, 0.5) is 17.1 Å². The quantitative estimate of drug-likeness (QED) is 0.873. The van der Waals surface area contributed by atoms with E-state index in [2.05, 4.69) is 11.4 Å². The molecule has 0 radical (unpaired) electrons. The van der Waals surface area contributed by atoms with Gasteiger partial charge < -0.3 is 10.2 Å². The topological polar surface area (TPSA) is 56.1 Å². The minimum atomic E-state index is -0.118. The Morgan fingerprint density at radius 1 is 1.15 bits per heavy atom. The zero-order valence-corrected chi connectivity index (χ0v) is 11.2. The second-order valence-corrected chi connectivity index (χ2v) is 4.80. The van der Waals surface area contributed by atoms with Crippen molar-refractivity contribution in [2.24, 2.45) is 0 Å². The van der Waals surface area contributed by atoms with Gasteiger partial charge in [0.2, 0.25) is 5.91 Å². The Kier molecular flexibility index (Phi) is 3.05. The van der Waals surface area contributed by atoms with E-state index in [1.165, 1.54) is 0 Å². The van der Waals surface area contributed by atoms with E-state index >= 15 is 0 Å². The standard InChI is InChI=1S/C15H10ClN3O/c16-11-4-3-7-13(10(11)8-17)19-9-15(20)18-12-5-1-2-6-14(12)19/h1-7H,9H2,(H,18,20). The molecule has 0 aromatic heterocycles. The molecule has 5 heteroatoms. The van der Waals surface area contributed by atoms with E-state index in [4.69, 9.17) is 11.6 Å². The minimum absolute atomic E-state index is 0.118. The van der Waals surface area contributed by atoms with Gasteiger partial charge in [0.15, 0.2) is 0 Å². The number of hydrogen-bond acceptors (Lipinski definition) is 3. The lowest BCUT2D eigenvalue weighted by Gasteiger charge is -2.31. The second-order valence-electron chi connectivity index (χ2n) is 4.40. The van der Waals surface area contributed by atoms with Crippen molar-refractivity contribution < 1.29 is 4.79 Å². The molecule has 1 N–H and O–H groups in total. The van der Waals surface area contributed by atoms with Crippen molar-refractivity contribution in [2.45, 2.75) is 0 Å². The number of nitrogens with zero attached hydrogens (tertiary/aromatic N) is 2. The molecule has 4 nitrogen and oxygen atoms in total. The van der Waals surface area contributed by atoms with E-state index in [9.17, 15) is 10.1 Å². The molecule has 1 aliphatic rings. The lowest BCUT2D eigenvalue weighted by molar-refractivity contribution is -0.115. The monoisotopic (exact) mass is 283 g/mol. The van der Waals surface area contributed by atoms with E-state index in [1.54, 1.807) is 23.1 Å². The molecule has 0 aliphatic carbocycles. The molecule has 0 spiro atoms. The van der Waals surface area contributed by atoms with E-state index in [0.717, 1.165) is 11.4 Å².